The van der Waals surface area contributed by atoms with Crippen LogP contribution < -0.4 is 9.47 Å². The predicted molar refractivity (Wildman–Crippen MR) is 83.4 cm³/mol. The maximum Gasteiger partial charge on any atom is 0.164 e. The van der Waals surface area contributed by atoms with Crippen LogP contribution in [0.2, 0.25) is 0 Å². The quantitative estimate of drug-likeness (QED) is 0.690. The lowest BCUT2D eigenvalue weighted by atomic mass is 10.1. The van der Waals surface area contributed by atoms with Crippen molar-refractivity contribution in [2.45, 2.75) is 33.1 Å². The highest BCUT2D eigenvalue weighted by Crippen LogP contribution is 2.29. The molecule has 1 aliphatic rings. The van der Waals surface area contributed by atoms with Crippen molar-refractivity contribution >= 4 is 5.78 Å². The SMILES string of the molecule is CCOc1ccc(C(=O)CCN2CCCC2)cc1OCC. The summed E-state index contributed by atoms with van der Waals surface area (Å²) in [7, 11) is 0. The number of carbonyl (C=O) groups is 1. The van der Waals surface area contributed by atoms with E-state index in [1.54, 1.807) is 6.07 Å². The minimum Gasteiger partial charge on any atom is -0.490 e. The highest BCUT2D eigenvalue weighted by atomic mass is 16.5. The summed E-state index contributed by atoms with van der Waals surface area (Å²) in [4.78, 5) is 14.7. The lowest BCUT2D eigenvalue weighted by Crippen LogP contribution is -2.22. The van der Waals surface area contributed by atoms with E-state index < -0.39 is 0 Å². The van der Waals surface area contributed by atoms with Gasteiger partial charge in [0, 0.05) is 18.5 Å². The summed E-state index contributed by atoms with van der Waals surface area (Å²) in [6.07, 6.45) is 3.08. The molecule has 0 aliphatic carbocycles. The van der Waals surface area contributed by atoms with E-state index in [1.165, 1.54) is 12.8 Å². The Morgan fingerprint density at radius 2 is 1.76 bits per heavy atom. The number of hydrogen-bond donors (Lipinski definition) is 0. The third-order valence-electron chi connectivity index (χ3n) is 3.72. The van der Waals surface area contributed by atoms with Gasteiger partial charge in [-0.25, -0.2) is 0 Å². The summed E-state index contributed by atoms with van der Waals surface area (Å²) in [6.45, 7) is 8.12. The average molecular weight is 291 g/mol. The van der Waals surface area contributed by atoms with Crippen molar-refractivity contribution in [3.63, 3.8) is 0 Å². The van der Waals surface area contributed by atoms with E-state index >= 15 is 0 Å². The molecule has 0 bridgehead atoms. The van der Waals surface area contributed by atoms with Crippen LogP contribution in [0.25, 0.3) is 0 Å². The second-order valence-electron chi connectivity index (χ2n) is 5.25. The van der Waals surface area contributed by atoms with E-state index in [0.29, 0.717) is 36.7 Å². The van der Waals surface area contributed by atoms with Crippen molar-refractivity contribution in [2.75, 3.05) is 32.8 Å². The van der Waals surface area contributed by atoms with Crippen LogP contribution in [0.15, 0.2) is 18.2 Å². The molecule has 0 N–H and O–H groups in total. The number of carbonyl (C=O) groups excluding carboxylic acids is 1. The fourth-order valence-corrected chi connectivity index (χ4v) is 2.63. The smallest absolute Gasteiger partial charge is 0.164 e. The molecule has 0 aromatic heterocycles. The Balaban J connectivity index is 2.00. The standard InChI is InChI=1S/C17H25NO3/c1-3-20-16-8-7-14(13-17(16)21-4-2)15(19)9-12-18-10-5-6-11-18/h7-8,13H,3-6,9-12H2,1-2H3. The Labute approximate surface area is 127 Å². The minimum atomic E-state index is 0.172. The molecule has 0 amide bonds. The Morgan fingerprint density at radius 1 is 1.10 bits per heavy atom. The molecule has 2 rings (SSSR count). The van der Waals surface area contributed by atoms with Gasteiger partial charge in [-0.05, 0) is 58.0 Å². The zero-order valence-electron chi connectivity index (χ0n) is 13.1. The molecule has 1 aromatic carbocycles. The molecule has 4 nitrogen and oxygen atoms in total. The summed E-state index contributed by atoms with van der Waals surface area (Å²) in [5.41, 5.74) is 0.709. The molecule has 4 heteroatoms. The summed E-state index contributed by atoms with van der Waals surface area (Å²) in [6, 6.07) is 5.47. The first-order chi connectivity index (χ1) is 10.2. The number of likely N-dealkylation sites (tertiary alicyclic amines) is 1. The summed E-state index contributed by atoms with van der Waals surface area (Å²) in [5.74, 6) is 1.53. The highest BCUT2D eigenvalue weighted by Gasteiger charge is 2.15. The molecule has 116 valence electrons. The van der Waals surface area contributed by atoms with Crippen LogP contribution >= 0.6 is 0 Å². The molecule has 21 heavy (non-hydrogen) atoms. The lowest BCUT2D eigenvalue weighted by molar-refractivity contribution is 0.0968. The van der Waals surface area contributed by atoms with E-state index in [0.717, 1.165) is 19.6 Å². The van der Waals surface area contributed by atoms with Crippen LogP contribution in [0.3, 0.4) is 0 Å². The van der Waals surface area contributed by atoms with Crippen LogP contribution in [0, 0.1) is 0 Å². The molecule has 1 aromatic rings. The largest absolute Gasteiger partial charge is 0.490 e. The zero-order chi connectivity index (χ0) is 15.1. The van der Waals surface area contributed by atoms with Crippen LogP contribution in [0.1, 0.15) is 43.5 Å². The molecule has 1 aliphatic heterocycles. The molecular formula is C17H25NO3. The van der Waals surface area contributed by atoms with Crippen LogP contribution in [0.5, 0.6) is 11.5 Å². The molecule has 0 saturated carbocycles. The molecule has 0 unspecified atom stereocenters. The van der Waals surface area contributed by atoms with E-state index in [4.69, 9.17) is 9.47 Å². The predicted octanol–water partition coefficient (Wildman–Crippen LogP) is 3.15. The molecular weight excluding hydrogens is 266 g/mol. The topological polar surface area (TPSA) is 38.8 Å². The molecule has 1 saturated heterocycles. The van der Waals surface area contributed by atoms with Crippen LogP contribution in [-0.4, -0.2) is 43.5 Å². The summed E-state index contributed by atoms with van der Waals surface area (Å²) >= 11 is 0. The first-order valence-corrected chi connectivity index (χ1v) is 7.89. The van der Waals surface area contributed by atoms with Gasteiger partial charge in [0.25, 0.3) is 0 Å². The van der Waals surface area contributed by atoms with Crippen molar-refractivity contribution in [2.24, 2.45) is 0 Å². The van der Waals surface area contributed by atoms with Gasteiger partial charge in [0.15, 0.2) is 17.3 Å². The van der Waals surface area contributed by atoms with Gasteiger partial charge in [-0.2, -0.15) is 0 Å². The molecule has 0 atom stereocenters. The zero-order valence-corrected chi connectivity index (χ0v) is 13.1. The van der Waals surface area contributed by atoms with Gasteiger partial charge in [-0.3, -0.25) is 4.79 Å². The van der Waals surface area contributed by atoms with E-state index in [9.17, 15) is 4.79 Å². The number of nitrogens with zero attached hydrogens (tertiary/aromatic N) is 1. The lowest BCUT2D eigenvalue weighted by Gasteiger charge is -2.14. The van der Waals surface area contributed by atoms with Gasteiger partial charge in [0.1, 0.15) is 0 Å². The number of ether oxygens (including phenoxy) is 2. The molecule has 0 spiro atoms. The summed E-state index contributed by atoms with van der Waals surface area (Å²) in [5, 5.41) is 0. The Hall–Kier alpha value is -1.55. The van der Waals surface area contributed by atoms with Gasteiger partial charge in [-0.15, -0.1) is 0 Å². The van der Waals surface area contributed by atoms with Gasteiger partial charge in [0.2, 0.25) is 0 Å². The maximum atomic E-state index is 12.3. The number of hydrogen-bond acceptors (Lipinski definition) is 4. The monoisotopic (exact) mass is 291 g/mol. The van der Waals surface area contributed by atoms with Gasteiger partial charge in [0.05, 0.1) is 13.2 Å². The highest BCUT2D eigenvalue weighted by molar-refractivity contribution is 5.96. The summed E-state index contributed by atoms with van der Waals surface area (Å²) < 4.78 is 11.1. The number of ketones is 1. The van der Waals surface area contributed by atoms with Crippen molar-refractivity contribution in [3.8, 4) is 11.5 Å². The molecule has 0 radical (unpaired) electrons. The van der Waals surface area contributed by atoms with Crippen molar-refractivity contribution < 1.29 is 14.3 Å². The average Bonchev–Trinajstić information content (AvgIpc) is 3.00. The van der Waals surface area contributed by atoms with Crippen molar-refractivity contribution in [1.82, 2.24) is 4.90 Å². The fourth-order valence-electron chi connectivity index (χ4n) is 2.63. The number of rotatable bonds is 8. The minimum absolute atomic E-state index is 0.172. The second-order valence-corrected chi connectivity index (χ2v) is 5.25. The normalized spacial score (nSPS) is 15.1. The Morgan fingerprint density at radius 3 is 2.43 bits per heavy atom. The Bertz CT molecular complexity index is 467. The van der Waals surface area contributed by atoms with Gasteiger partial charge in [-0.1, -0.05) is 0 Å². The van der Waals surface area contributed by atoms with E-state index in [-0.39, 0.29) is 5.78 Å². The number of benzene rings is 1. The molecule has 1 fully saturated rings. The van der Waals surface area contributed by atoms with Gasteiger partial charge < -0.3 is 14.4 Å². The van der Waals surface area contributed by atoms with E-state index in [1.807, 2.05) is 26.0 Å². The third kappa shape index (κ3) is 4.46. The molecule has 1 heterocycles. The first-order valence-electron chi connectivity index (χ1n) is 7.89. The fraction of sp³-hybridized carbons (Fsp3) is 0.588. The first kappa shape index (κ1) is 15.8. The number of Topliss-reactive ketones (excluding diaryl/α,β-unsaturated/α-hetero) is 1. The van der Waals surface area contributed by atoms with Crippen LogP contribution in [-0.2, 0) is 0 Å². The van der Waals surface area contributed by atoms with E-state index in [2.05, 4.69) is 4.90 Å². The van der Waals surface area contributed by atoms with Crippen LogP contribution in [0.4, 0.5) is 0 Å². The second kappa shape index (κ2) is 8.03. The third-order valence-corrected chi connectivity index (χ3v) is 3.72. The van der Waals surface area contributed by atoms with Gasteiger partial charge >= 0.3 is 0 Å². The van der Waals surface area contributed by atoms with Crippen molar-refractivity contribution in [3.05, 3.63) is 23.8 Å². The van der Waals surface area contributed by atoms with Crippen molar-refractivity contribution in [1.29, 1.82) is 0 Å². The Kier molecular flexibility index (Phi) is 6.05. The maximum absolute atomic E-state index is 12.3.